The van der Waals surface area contributed by atoms with Gasteiger partial charge in [-0.25, -0.2) is 0 Å². The van der Waals surface area contributed by atoms with Crippen LogP contribution in [0.1, 0.15) is 5.56 Å². The van der Waals surface area contributed by atoms with E-state index in [1.165, 1.54) is 0 Å². The number of anilines is 1. The van der Waals surface area contributed by atoms with Crippen molar-refractivity contribution in [2.24, 2.45) is 0 Å². The molecule has 2 aromatic carbocycles. The Morgan fingerprint density at radius 1 is 1.23 bits per heavy atom. The molecule has 0 fully saturated rings. The van der Waals surface area contributed by atoms with Gasteiger partial charge in [0.25, 0.3) is 0 Å². The molecular weight excluding hydrogens is 389 g/mol. The van der Waals surface area contributed by atoms with E-state index < -0.39 is 0 Å². The van der Waals surface area contributed by atoms with Gasteiger partial charge in [-0.05, 0) is 30.3 Å². The minimum atomic E-state index is -0.188. The minimum Gasteiger partial charge on any atom is -0.464 e. The van der Waals surface area contributed by atoms with Crippen LogP contribution in [0.3, 0.4) is 0 Å². The average molecular weight is 399 g/mol. The molecule has 1 heterocycles. The molecule has 22 heavy (non-hydrogen) atoms. The third-order valence-electron chi connectivity index (χ3n) is 3.19. The number of amides is 1. The maximum atomic E-state index is 12.2. The average Bonchev–Trinajstić information content (AvgIpc) is 2.86. The van der Waals surface area contributed by atoms with Crippen LogP contribution in [-0.4, -0.2) is 5.91 Å². The van der Waals surface area contributed by atoms with E-state index in [0.717, 1.165) is 21.0 Å². The molecule has 3 nitrogen and oxygen atoms in total. The van der Waals surface area contributed by atoms with E-state index in [2.05, 4.69) is 21.2 Å². The summed E-state index contributed by atoms with van der Waals surface area (Å²) in [7, 11) is 0. The first-order chi connectivity index (χ1) is 10.5. The highest BCUT2D eigenvalue weighted by Crippen LogP contribution is 2.30. The Morgan fingerprint density at radius 3 is 2.86 bits per heavy atom. The predicted octanol–water partition coefficient (Wildman–Crippen LogP) is 5.68. The minimum absolute atomic E-state index is 0.187. The number of benzene rings is 2. The lowest BCUT2D eigenvalue weighted by molar-refractivity contribution is -0.115. The summed E-state index contributed by atoms with van der Waals surface area (Å²) in [5, 5.41) is 4.40. The fourth-order valence-electron chi connectivity index (χ4n) is 2.16. The smallest absolute Gasteiger partial charge is 0.228 e. The number of hydrogen-bond acceptors (Lipinski definition) is 2. The molecule has 112 valence electrons. The lowest BCUT2D eigenvalue weighted by atomic mass is 10.1. The summed E-state index contributed by atoms with van der Waals surface area (Å²) in [6.07, 6.45) is 1.78. The van der Waals surface area contributed by atoms with Crippen LogP contribution in [0.25, 0.3) is 11.0 Å². The van der Waals surface area contributed by atoms with Crippen molar-refractivity contribution in [1.29, 1.82) is 0 Å². The van der Waals surface area contributed by atoms with Crippen LogP contribution in [0, 0.1) is 0 Å². The maximum absolute atomic E-state index is 12.2. The van der Waals surface area contributed by atoms with Crippen LogP contribution in [-0.2, 0) is 11.2 Å². The van der Waals surface area contributed by atoms with Crippen LogP contribution < -0.4 is 5.32 Å². The van der Waals surface area contributed by atoms with Crippen molar-refractivity contribution in [3.63, 3.8) is 0 Å². The van der Waals surface area contributed by atoms with Gasteiger partial charge >= 0.3 is 0 Å². The molecule has 0 saturated heterocycles. The molecule has 0 atom stereocenters. The molecule has 3 aromatic rings. The van der Waals surface area contributed by atoms with Gasteiger partial charge in [0.05, 0.1) is 28.4 Å². The number of hydrogen-bond donors (Lipinski definition) is 1. The molecule has 0 aliphatic carbocycles. The van der Waals surface area contributed by atoms with Gasteiger partial charge in [0.2, 0.25) is 5.91 Å². The second-order valence-corrected chi connectivity index (χ2v) is 6.43. The van der Waals surface area contributed by atoms with E-state index in [-0.39, 0.29) is 12.3 Å². The Kier molecular flexibility index (Phi) is 4.43. The third-order valence-corrected chi connectivity index (χ3v) is 4.50. The molecule has 1 aromatic heterocycles. The number of furan rings is 1. The van der Waals surface area contributed by atoms with Gasteiger partial charge in [-0.3, -0.25) is 4.79 Å². The van der Waals surface area contributed by atoms with E-state index in [1.54, 1.807) is 24.5 Å². The van der Waals surface area contributed by atoms with Gasteiger partial charge in [0.1, 0.15) is 5.58 Å². The number of carbonyl (C=O) groups excluding carboxylic acids is 1. The van der Waals surface area contributed by atoms with Crippen molar-refractivity contribution in [3.8, 4) is 0 Å². The highest BCUT2D eigenvalue weighted by Gasteiger charge is 2.13. The third kappa shape index (κ3) is 3.14. The van der Waals surface area contributed by atoms with Crippen molar-refractivity contribution >= 4 is 61.7 Å². The van der Waals surface area contributed by atoms with E-state index in [1.807, 2.05) is 18.2 Å². The molecule has 0 radical (unpaired) electrons. The molecule has 1 amide bonds. The molecular formula is C16H10BrCl2NO2. The Labute approximate surface area is 145 Å². The Balaban J connectivity index is 1.81. The first-order valence-electron chi connectivity index (χ1n) is 6.44. The molecule has 3 rings (SSSR count). The zero-order valence-corrected chi connectivity index (χ0v) is 14.3. The van der Waals surface area contributed by atoms with E-state index in [4.69, 9.17) is 27.6 Å². The van der Waals surface area contributed by atoms with Gasteiger partial charge in [0, 0.05) is 15.4 Å². The summed E-state index contributed by atoms with van der Waals surface area (Å²) in [5.41, 5.74) is 2.05. The number of halogens is 3. The van der Waals surface area contributed by atoms with Crippen molar-refractivity contribution in [2.45, 2.75) is 6.42 Å². The highest BCUT2D eigenvalue weighted by atomic mass is 79.9. The number of carbonyl (C=O) groups is 1. The van der Waals surface area contributed by atoms with Crippen molar-refractivity contribution < 1.29 is 9.21 Å². The first-order valence-corrected chi connectivity index (χ1v) is 7.99. The molecule has 0 aliphatic rings. The second kappa shape index (κ2) is 6.32. The topological polar surface area (TPSA) is 42.2 Å². The van der Waals surface area contributed by atoms with E-state index >= 15 is 0 Å². The van der Waals surface area contributed by atoms with Crippen LogP contribution in [0.5, 0.6) is 0 Å². The molecule has 0 aliphatic heterocycles. The summed E-state index contributed by atoms with van der Waals surface area (Å²) in [6.45, 7) is 0. The number of rotatable bonds is 3. The number of fused-ring (bicyclic) bond motifs is 1. The fraction of sp³-hybridized carbons (Fsp3) is 0.0625. The molecule has 0 unspecified atom stereocenters. The lowest BCUT2D eigenvalue weighted by Crippen LogP contribution is -2.14. The summed E-state index contributed by atoms with van der Waals surface area (Å²) >= 11 is 15.4. The largest absolute Gasteiger partial charge is 0.464 e. The Hall–Kier alpha value is -1.49. The van der Waals surface area contributed by atoms with Crippen LogP contribution >= 0.6 is 39.1 Å². The van der Waals surface area contributed by atoms with Crippen molar-refractivity contribution in [2.75, 3.05) is 5.32 Å². The quantitative estimate of drug-likeness (QED) is 0.616. The van der Waals surface area contributed by atoms with Crippen LogP contribution in [0.4, 0.5) is 5.69 Å². The zero-order chi connectivity index (χ0) is 15.7. The van der Waals surface area contributed by atoms with Gasteiger partial charge in [-0.1, -0.05) is 45.2 Å². The predicted molar refractivity (Wildman–Crippen MR) is 92.7 cm³/mol. The highest BCUT2D eigenvalue weighted by molar-refractivity contribution is 9.10. The summed E-state index contributed by atoms with van der Waals surface area (Å²) < 4.78 is 6.38. The maximum Gasteiger partial charge on any atom is 0.228 e. The van der Waals surface area contributed by atoms with Crippen LogP contribution in [0.15, 0.2) is 51.6 Å². The second-order valence-electron chi connectivity index (χ2n) is 4.73. The van der Waals surface area contributed by atoms with Gasteiger partial charge in [0.15, 0.2) is 0 Å². The monoisotopic (exact) mass is 397 g/mol. The Morgan fingerprint density at radius 2 is 2.05 bits per heavy atom. The summed E-state index contributed by atoms with van der Waals surface area (Å²) in [4.78, 5) is 12.2. The summed E-state index contributed by atoms with van der Waals surface area (Å²) in [6, 6.07) is 10.8. The van der Waals surface area contributed by atoms with Gasteiger partial charge < -0.3 is 9.73 Å². The zero-order valence-electron chi connectivity index (χ0n) is 11.2. The number of nitrogens with one attached hydrogen (secondary N) is 1. The standard InChI is InChI=1S/C16H10BrCl2NO2/c17-10-4-5-14-11(7-10)9(8-22-14)6-15(21)20-13-3-1-2-12(18)16(13)19/h1-5,7-8H,6H2,(H,20,21). The molecule has 0 bridgehead atoms. The van der Waals surface area contributed by atoms with E-state index in [0.29, 0.717) is 15.7 Å². The van der Waals surface area contributed by atoms with Crippen LogP contribution in [0.2, 0.25) is 10.0 Å². The molecule has 1 N–H and O–H groups in total. The fourth-order valence-corrected chi connectivity index (χ4v) is 2.87. The van der Waals surface area contributed by atoms with Gasteiger partial charge in [-0.2, -0.15) is 0 Å². The summed E-state index contributed by atoms with van der Waals surface area (Å²) in [5.74, 6) is -0.188. The van der Waals surface area contributed by atoms with Crippen molar-refractivity contribution in [3.05, 3.63) is 62.7 Å². The lowest BCUT2D eigenvalue weighted by Gasteiger charge is -2.07. The normalized spacial score (nSPS) is 10.9. The van der Waals surface area contributed by atoms with Crippen molar-refractivity contribution in [1.82, 2.24) is 0 Å². The van der Waals surface area contributed by atoms with E-state index in [9.17, 15) is 4.79 Å². The Bertz CT molecular complexity index is 860. The first kappa shape index (κ1) is 15.4. The molecule has 6 heteroatoms. The SMILES string of the molecule is O=C(Cc1coc2ccc(Br)cc12)Nc1cccc(Cl)c1Cl. The molecule has 0 spiro atoms. The van der Waals surface area contributed by atoms with Gasteiger partial charge in [-0.15, -0.1) is 0 Å². The molecule has 0 saturated carbocycles.